The Kier molecular flexibility index (Phi) is 15.2. The summed E-state index contributed by atoms with van der Waals surface area (Å²) in [7, 11) is 0. The van der Waals surface area contributed by atoms with Gasteiger partial charge < -0.3 is 28.8 Å². The summed E-state index contributed by atoms with van der Waals surface area (Å²) in [5.74, 6) is 0. The summed E-state index contributed by atoms with van der Waals surface area (Å²) in [6.07, 6.45) is 5.53. The molecule has 5 atom stereocenters. The largest absolute Gasteiger partial charge is 0.379 e. The van der Waals surface area contributed by atoms with Gasteiger partial charge in [0.15, 0.2) is 6.29 Å². The number of rotatable bonds is 17. The molecule has 1 rings (SSSR count). The summed E-state index contributed by atoms with van der Waals surface area (Å²) in [4.78, 5) is 0. The molecule has 6 nitrogen and oxygen atoms in total. The van der Waals surface area contributed by atoms with Gasteiger partial charge in [-0.05, 0) is 25.7 Å². The zero-order chi connectivity index (χ0) is 20.6. The van der Waals surface area contributed by atoms with Gasteiger partial charge in [0.25, 0.3) is 0 Å². The number of hydrogen-bond acceptors (Lipinski definition) is 6. The second-order valence-electron chi connectivity index (χ2n) is 7.56. The van der Waals surface area contributed by atoms with E-state index in [9.17, 15) is 5.11 Å². The SMILES string of the molecule is CCCCOC[C@H]1O[C@H](O)[C@H](OCCCC)C(OCCCC)[C@@H]1OCCCC. The third-order valence-corrected chi connectivity index (χ3v) is 4.96. The fraction of sp³-hybridized carbons (Fsp3) is 1.00. The highest BCUT2D eigenvalue weighted by Crippen LogP contribution is 2.28. The molecule has 0 amide bonds. The van der Waals surface area contributed by atoms with Gasteiger partial charge in [-0.15, -0.1) is 0 Å². The third-order valence-electron chi connectivity index (χ3n) is 4.96. The van der Waals surface area contributed by atoms with Crippen LogP contribution in [0.1, 0.15) is 79.1 Å². The van der Waals surface area contributed by atoms with Crippen LogP contribution in [0, 0.1) is 0 Å². The van der Waals surface area contributed by atoms with E-state index < -0.39 is 12.4 Å². The van der Waals surface area contributed by atoms with E-state index in [4.69, 9.17) is 23.7 Å². The summed E-state index contributed by atoms with van der Waals surface area (Å²) >= 11 is 0. The minimum absolute atomic E-state index is 0.306. The van der Waals surface area contributed by atoms with Crippen LogP contribution in [-0.4, -0.2) is 68.8 Å². The summed E-state index contributed by atoms with van der Waals surface area (Å²) in [6, 6.07) is 0. The Morgan fingerprint density at radius 2 is 1.11 bits per heavy atom. The van der Waals surface area contributed by atoms with Crippen LogP contribution in [0.15, 0.2) is 0 Å². The predicted molar refractivity (Wildman–Crippen MR) is 111 cm³/mol. The summed E-state index contributed by atoms with van der Waals surface area (Å²) in [6.45, 7) is 11.5. The number of aliphatic hydroxyl groups is 1. The van der Waals surface area contributed by atoms with Crippen LogP contribution in [0.5, 0.6) is 0 Å². The highest BCUT2D eigenvalue weighted by molar-refractivity contribution is 4.92. The molecule has 1 aliphatic heterocycles. The summed E-state index contributed by atoms with van der Waals surface area (Å²) < 4.78 is 30.1. The molecule has 1 aliphatic rings. The van der Waals surface area contributed by atoms with Crippen molar-refractivity contribution in [1.29, 1.82) is 0 Å². The van der Waals surface area contributed by atoms with Crippen molar-refractivity contribution in [2.45, 2.75) is 110 Å². The fourth-order valence-electron chi connectivity index (χ4n) is 3.13. The van der Waals surface area contributed by atoms with Crippen LogP contribution < -0.4 is 0 Å². The second-order valence-corrected chi connectivity index (χ2v) is 7.56. The predicted octanol–water partition coefficient (Wildman–Crippen LogP) is 4.08. The quantitative estimate of drug-likeness (QED) is 0.369. The van der Waals surface area contributed by atoms with Crippen molar-refractivity contribution < 1.29 is 28.8 Å². The van der Waals surface area contributed by atoms with Crippen LogP contribution in [0.4, 0.5) is 0 Å². The monoisotopic (exact) mass is 404 g/mol. The number of unbranched alkanes of at least 4 members (excludes halogenated alkanes) is 4. The average Bonchev–Trinajstić information content (AvgIpc) is 2.69. The Hall–Kier alpha value is -0.240. The molecule has 0 spiro atoms. The molecule has 1 N–H and O–H groups in total. The highest BCUT2D eigenvalue weighted by Gasteiger charge is 2.47. The first-order valence-corrected chi connectivity index (χ1v) is 11.5. The Morgan fingerprint density at radius 3 is 1.64 bits per heavy atom. The normalized spacial score (nSPS) is 28.0. The molecule has 0 bridgehead atoms. The molecular weight excluding hydrogens is 360 g/mol. The van der Waals surface area contributed by atoms with Gasteiger partial charge in [-0.3, -0.25) is 0 Å². The first kappa shape index (κ1) is 25.8. The van der Waals surface area contributed by atoms with E-state index in [1.807, 2.05) is 0 Å². The lowest BCUT2D eigenvalue weighted by molar-refractivity contribution is -0.312. The maximum atomic E-state index is 10.6. The summed E-state index contributed by atoms with van der Waals surface area (Å²) in [5, 5.41) is 10.6. The van der Waals surface area contributed by atoms with Gasteiger partial charge in [0.1, 0.15) is 24.4 Å². The number of ether oxygens (including phenoxy) is 5. The third kappa shape index (κ3) is 9.51. The highest BCUT2D eigenvalue weighted by atomic mass is 16.7. The van der Waals surface area contributed by atoms with E-state index >= 15 is 0 Å². The molecule has 1 heterocycles. The van der Waals surface area contributed by atoms with E-state index in [0.717, 1.165) is 51.4 Å². The average molecular weight is 405 g/mol. The molecule has 0 aromatic rings. The fourth-order valence-corrected chi connectivity index (χ4v) is 3.13. The number of hydrogen-bond donors (Lipinski definition) is 1. The van der Waals surface area contributed by atoms with Crippen molar-refractivity contribution in [3.8, 4) is 0 Å². The second kappa shape index (κ2) is 16.5. The zero-order valence-electron chi connectivity index (χ0n) is 18.6. The van der Waals surface area contributed by atoms with Crippen LogP contribution in [0.25, 0.3) is 0 Å². The molecule has 0 aromatic heterocycles. The maximum absolute atomic E-state index is 10.6. The zero-order valence-corrected chi connectivity index (χ0v) is 18.6. The van der Waals surface area contributed by atoms with Crippen LogP contribution >= 0.6 is 0 Å². The van der Waals surface area contributed by atoms with Crippen LogP contribution in [-0.2, 0) is 23.7 Å². The molecule has 168 valence electrons. The van der Waals surface area contributed by atoms with E-state index in [1.54, 1.807) is 0 Å². The number of aliphatic hydroxyl groups excluding tert-OH is 1. The van der Waals surface area contributed by atoms with Crippen molar-refractivity contribution in [3.63, 3.8) is 0 Å². The molecule has 1 unspecified atom stereocenters. The van der Waals surface area contributed by atoms with E-state index in [-0.39, 0.29) is 18.3 Å². The molecule has 0 aromatic carbocycles. The van der Waals surface area contributed by atoms with Gasteiger partial charge in [0.05, 0.1) is 6.61 Å². The van der Waals surface area contributed by atoms with Gasteiger partial charge >= 0.3 is 0 Å². The maximum Gasteiger partial charge on any atom is 0.184 e. The first-order chi connectivity index (χ1) is 13.7. The van der Waals surface area contributed by atoms with Gasteiger partial charge in [-0.1, -0.05) is 53.4 Å². The van der Waals surface area contributed by atoms with Gasteiger partial charge in [-0.25, -0.2) is 0 Å². The lowest BCUT2D eigenvalue weighted by Gasteiger charge is -2.44. The molecule has 0 radical (unpaired) electrons. The topological polar surface area (TPSA) is 66.4 Å². The molecule has 6 heteroatoms. The smallest absolute Gasteiger partial charge is 0.184 e. The van der Waals surface area contributed by atoms with Crippen molar-refractivity contribution in [2.75, 3.05) is 33.0 Å². The van der Waals surface area contributed by atoms with Crippen molar-refractivity contribution in [2.24, 2.45) is 0 Å². The van der Waals surface area contributed by atoms with Gasteiger partial charge in [-0.2, -0.15) is 0 Å². The standard InChI is InChI=1S/C22H44O6/c1-5-9-13-24-17-18-19(25-14-10-6-2)20(26-15-11-7-3)21(22(23)28-18)27-16-12-8-4/h18-23H,5-17H2,1-4H3/t18-,19-,20?,21-,22+/m1/s1. The minimum Gasteiger partial charge on any atom is -0.379 e. The van der Waals surface area contributed by atoms with Crippen molar-refractivity contribution in [3.05, 3.63) is 0 Å². The minimum atomic E-state index is -1.03. The summed E-state index contributed by atoms with van der Waals surface area (Å²) in [5.41, 5.74) is 0. The Labute approximate surface area is 172 Å². The van der Waals surface area contributed by atoms with Crippen molar-refractivity contribution >= 4 is 0 Å². The van der Waals surface area contributed by atoms with Gasteiger partial charge in [0.2, 0.25) is 0 Å². The Bertz CT molecular complexity index is 354. The molecule has 1 saturated heterocycles. The van der Waals surface area contributed by atoms with Gasteiger partial charge in [0, 0.05) is 26.4 Å². The lowest BCUT2D eigenvalue weighted by atomic mass is 9.98. The lowest BCUT2D eigenvalue weighted by Crippen LogP contribution is -2.61. The van der Waals surface area contributed by atoms with E-state index in [2.05, 4.69) is 27.7 Å². The molecular formula is C22H44O6. The Morgan fingerprint density at radius 1 is 0.643 bits per heavy atom. The van der Waals surface area contributed by atoms with Crippen molar-refractivity contribution in [1.82, 2.24) is 0 Å². The van der Waals surface area contributed by atoms with E-state index in [0.29, 0.717) is 33.0 Å². The molecule has 0 saturated carbocycles. The van der Waals surface area contributed by atoms with Crippen LogP contribution in [0.3, 0.4) is 0 Å². The Balaban J connectivity index is 2.84. The molecule has 28 heavy (non-hydrogen) atoms. The van der Waals surface area contributed by atoms with Crippen LogP contribution in [0.2, 0.25) is 0 Å². The molecule has 1 fully saturated rings. The molecule has 0 aliphatic carbocycles. The first-order valence-electron chi connectivity index (χ1n) is 11.5. The van der Waals surface area contributed by atoms with E-state index in [1.165, 1.54) is 0 Å².